The van der Waals surface area contributed by atoms with Gasteiger partial charge in [-0.3, -0.25) is 4.90 Å². The SMILES string of the molecule is Cc1cccc2c(CCNC(=O)N3CC[C@H]4CC[C@@H](C3)N4C)c[nH]c12. The third-order valence-corrected chi connectivity index (χ3v) is 6.12. The van der Waals surface area contributed by atoms with E-state index in [2.05, 4.69) is 53.6 Å². The Balaban J connectivity index is 1.34. The number of rotatable bonds is 3. The number of hydrogen-bond donors (Lipinski definition) is 2. The van der Waals surface area contributed by atoms with Crippen molar-refractivity contribution in [1.29, 1.82) is 0 Å². The second-order valence-corrected chi connectivity index (χ2v) is 7.58. The largest absolute Gasteiger partial charge is 0.361 e. The summed E-state index contributed by atoms with van der Waals surface area (Å²) in [6.07, 6.45) is 6.54. The summed E-state index contributed by atoms with van der Waals surface area (Å²) in [5.74, 6) is 0. The summed E-state index contributed by atoms with van der Waals surface area (Å²) in [5, 5.41) is 4.39. The fourth-order valence-electron chi connectivity index (χ4n) is 4.48. The van der Waals surface area contributed by atoms with Crippen LogP contribution in [0.1, 0.15) is 30.4 Å². The topological polar surface area (TPSA) is 51.4 Å². The molecule has 25 heavy (non-hydrogen) atoms. The van der Waals surface area contributed by atoms with Crippen LogP contribution >= 0.6 is 0 Å². The van der Waals surface area contributed by atoms with Crippen LogP contribution in [0, 0.1) is 6.92 Å². The van der Waals surface area contributed by atoms with E-state index in [-0.39, 0.29) is 6.03 Å². The molecule has 2 N–H and O–H groups in total. The third-order valence-electron chi connectivity index (χ3n) is 6.12. The summed E-state index contributed by atoms with van der Waals surface area (Å²) in [6, 6.07) is 7.66. The van der Waals surface area contributed by atoms with Crippen LogP contribution in [-0.2, 0) is 6.42 Å². The van der Waals surface area contributed by atoms with E-state index in [0.717, 1.165) is 25.9 Å². The van der Waals surface area contributed by atoms with Crippen LogP contribution in [0.2, 0.25) is 0 Å². The quantitative estimate of drug-likeness (QED) is 0.903. The molecule has 2 fully saturated rings. The fourth-order valence-corrected chi connectivity index (χ4v) is 4.48. The number of hydrogen-bond acceptors (Lipinski definition) is 2. The van der Waals surface area contributed by atoms with Crippen LogP contribution < -0.4 is 5.32 Å². The van der Waals surface area contributed by atoms with Gasteiger partial charge in [0.25, 0.3) is 0 Å². The lowest BCUT2D eigenvalue weighted by molar-refractivity contribution is 0.188. The molecule has 2 aromatic rings. The van der Waals surface area contributed by atoms with Crippen molar-refractivity contribution in [2.24, 2.45) is 0 Å². The van der Waals surface area contributed by atoms with Crippen molar-refractivity contribution in [2.75, 3.05) is 26.7 Å². The molecule has 2 aliphatic rings. The third kappa shape index (κ3) is 3.13. The van der Waals surface area contributed by atoms with E-state index in [1.807, 2.05) is 4.90 Å². The fraction of sp³-hybridized carbons (Fsp3) is 0.550. The minimum absolute atomic E-state index is 0.0944. The lowest BCUT2D eigenvalue weighted by Gasteiger charge is -2.26. The Labute approximate surface area is 149 Å². The number of benzene rings is 1. The van der Waals surface area contributed by atoms with E-state index in [0.29, 0.717) is 18.6 Å². The average molecular weight is 340 g/mol. The first-order chi connectivity index (χ1) is 12.1. The van der Waals surface area contributed by atoms with Crippen molar-refractivity contribution in [1.82, 2.24) is 20.1 Å². The highest BCUT2D eigenvalue weighted by Crippen LogP contribution is 2.28. The van der Waals surface area contributed by atoms with Gasteiger partial charge in [0.05, 0.1) is 0 Å². The Bertz CT molecular complexity index is 768. The van der Waals surface area contributed by atoms with E-state index in [1.54, 1.807) is 0 Å². The molecule has 5 heteroatoms. The molecule has 4 rings (SSSR count). The molecule has 2 bridgehead atoms. The summed E-state index contributed by atoms with van der Waals surface area (Å²) in [5.41, 5.74) is 3.74. The lowest BCUT2D eigenvalue weighted by atomic mass is 10.1. The molecule has 5 nitrogen and oxygen atoms in total. The molecule has 0 spiro atoms. The van der Waals surface area contributed by atoms with Crippen LogP contribution in [0.25, 0.3) is 10.9 Å². The zero-order valence-corrected chi connectivity index (χ0v) is 15.2. The maximum atomic E-state index is 12.6. The van der Waals surface area contributed by atoms with Gasteiger partial charge in [0.2, 0.25) is 0 Å². The summed E-state index contributed by atoms with van der Waals surface area (Å²) >= 11 is 0. The molecule has 134 valence electrons. The highest BCUT2D eigenvalue weighted by atomic mass is 16.2. The first kappa shape index (κ1) is 16.5. The van der Waals surface area contributed by atoms with E-state index >= 15 is 0 Å². The van der Waals surface area contributed by atoms with E-state index in [9.17, 15) is 4.79 Å². The minimum atomic E-state index is 0.0944. The van der Waals surface area contributed by atoms with Crippen molar-refractivity contribution in [3.05, 3.63) is 35.5 Å². The van der Waals surface area contributed by atoms with Gasteiger partial charge in [-0.2, -0.15) is 0 Å². The van der Waals surface area contributed by atoms with Crippen LogP contribution in [0.3, 0.4) is 0 Å². The Morgan fingerprint density at radius 2 is 2.12 bits per heavy atom. The molecule has 3 heterocycles. The van der Waals surface area contributed by atoms with E-state index in [4.69, 9.17) is 0 Å². The van der Waals surface area contributed by atoms with Gasteiger partial charge in [0.1, 0.15) is 0 Å². The second kappa shape index (κ2) is 6.71. The highest BCUT2D eigenvalue weighted by molar-refractivity contribution is 5.86. The van der Waals surface area contributed by atoms with Gasteiger partial charge in [0.15, 0.2) is 0 Å². The van der Waals surface area contributed by atoms with Gasteiger partial charge in [-0.15, -0.1) is 0 Å². The van der Waals surface area contributed by atoms with Gasteiger partial charge in [0, 0.05) is 48.8 Å². The second-order valence-electron chi connectivity index (χ2n) is 7.58. The number of aryl methyl sites for hydroxylation is 1. The molecule has 2 atom stereocenters. The van der Waals surface area contributed by atoms with Crippen molar-refractivity contribution in [3.8, 4) is 0 Å². The number of fused-ring (bicyclic) bond motifs is 3. The predicted molar refractivity (Wildman–Crippen MR) is 101 cm³/mol. The monoisotopic (exact) mass is 340 g/mol. The first-order valence-electron chi connectivity index (χ1n) is 9.44. The number of aromatic nitrogens is 1. The smallest absolute Gasteiger partial charge is 0.317 e. The molecule has 2 saturated heterocycles. The van der Waals surface area contributed by atoms with Gasteiger partial charge in [-0.25, -0.2) is 4.79 Å². The first-order valence-corrected chi connectivity index (χ1v) is 9.44. The number of amides is 2. The number of para-hydroxylation sites is 1. The minimum Gasteiger partial charge on any atom is -0.361 e. The van der Waals surface area contributed by atoms with Crippen molar-refractivity contribution >= 4 is 16.9 Å². The number of nitrogens with zero attached hydrogens (tertiary/aromatic N) is 2. The maximum Gasteiger partial charge on any atom is 0.317 e. The average Bonchev–Trinajstić information content (AvgIpc) is 3.10. The lowest BCUT2D eigenvalue weighted by Crippen LogP contribution is -2.45. The van der Waals surface area contributed by atoms with Gasteiger partial charge in [-0.1, -0.05) is 18.2 Å². The molecular weight excluding hydrogens is 312 g/mol. The molecular formula is C20H28N4O. The predicted octanol–water partition coefficient (Wildman–Crippen LogP) is 2.90. The van der Waals surface area contributed by atoms with Gasteiger partial charge < -0.3 is 15.2 Å². The Morgan fingerprint density at radius 3 is 3.00 bits per heavy atom. The molecule has 0 radical (unpaired) electrons. The summed E-state index contributed by atoms with van der Waals surface area (Å²) in [4.78, 5) is 20.4. The zero-order valence-electron chi connectivity index (χ0n) is 15.2. The van der Waals surface area contributed by atoms with Crippen molar-refractivity contribution in [2.45, 2.75) is 44.7 Å². The number of likely N-dealkylation sites (tertiary alicyclic amines) is 1. The summed E-state index contributed by atoms with van der Waals surface area (Å²) < 4.78 is 0. The molecule has 0 unspecified atom stereocenters. The Kier molecular flexibility index (Phi) is 4.42. The van der Waals surface area contributed by atoms with Crippen molar-refractivity contribution in [3.63, 3.8) is 0 Å². The molecule has 1 aromatic heterocycles. The normalized spacial score (nSPS) is 23.8. The van der Waals surface area contributed by atoms with E-state index in [1.165, 1.54) is 34.9 Å². The van der Waals surface area contributed by atoms with Crippen molar-refractivity contribution < 1.29 is 4.79 Å². The number of likely N-dealkylation sites (N-methyl/N-ethyl adjacent to an activating group) is 1. The van der Waals surface area contributed by atoms with Crippen LogP contribution in [0.15, 0.2) is 24.4 Å². The van der Waals surface area contributed by atoms with Crippen LogP contribution in [-0.4, -0.2) is 59.6 Å². The van der Waals surface area contributed by atoms with Gasteiger partial charge in [-0.05, 0) is 50.8 Å². The standard InChI is InChI=1S/C20H28N4O/c1-14-4-3-5-18-15(12-22-19(14)18)8-10-21-20(25)24-11-9-16-6-7-17(13-24)23(16)2/h3-5,12,16-17,22H,6-11,13H2,1-2H3,(H,21,25)/t16-,17+/m1/s1. The number of carbonyl (C=O) groups excluding carboxylic acids is 1. The Morgan fingerprint density at radius 1 is 1.28 bits per heavy atom. The van der Waals surface area contributed by atoms with Crippen LogP contribution in [0.4, 0.5) is 4.79 Å². The van der Waals surface area contributed by atoms with E-state index < -0.39 is 0 Å². The number of H-pyrrole nitrogens is 1. The molecule has 0 aliphatic carbocycles. The zero-order chi connectivity index (χ0) is 17.4. The highest BCUT2D eigenvalue weighted by Gasteiger charge is 2.35. The number of nitrogens with one attached hydrogen (secondary N) is 2. The number of carbonyl (C=O) groups is 1. The molecule has 1 aromatic carbocycles. The number of urea groups is 1. The number of aromatic amines is 1. The maximum absolute atomic E-state index is 12.6. The molecule has 2 aliphatic heterocycles. The summed E-state index contributed by atoms with van der Waals surface area (Å²) in [6.45, 7) is 4.54. The Hall–Kier alpha value is -2.01. The van der Waals surface area contributed by atoms with Gasteiger partial charge >= 0.3 is 6.03 Å². The summed E-state index contributed by atoms with van der Waals surface area (Å²) in [7, 11) is 2.21. The molecule has 0 saturated carbocycles. The molecule has 2 amide bonds. The van der Waals surface area contributed by atoms with Crippen LogP contribution in [0.5, 0.6) is 0 Å².